The Morgan fingerprint density at radius 1 is 1.00 bits per heavy atom. The summed E-state index contributed by atoms with van der Waals surface area (Å²) >= 11 is 19.0. The molecule has 0 unspecified atom stereocenters. The molecule has 0 atom stereocenters. The summed E-state index contributed by atoms with van der Waals surface area (Å²) in [6.45, 7) is 0.742. The second kappa shape index (κ2) is 9.88. The van der Waals surface area contributed by atoms with Gasteiger partial charge in [-0.2, -0.15) is 0 Å². The predicted octanol–water partition coefficient (Wildman–Crippen LogP) is 6.97. The van der Waals surface area contributed by atoms with Gasteiger partial charge in [0.2, 0.25) is 0 Å². The Kier molecular flexibility index (Phi) is 6.98. The van der Waals surface area contributed by atoms with E-state index in [1.54, 1.807) is 17.0 Å². The zero-order chi connectivity index (χ0) is 21.8. The number of benzene rings is 3. The molecule has 7 heteroatoms. The van der Waals surface area contributed by atoms with Crippen LogP contribution in [0.5, 0.6) is 5.75 Å². The molecular formula is C24H17Cl2NO2S2. The fraction of sp³-hybridized carbons (Fsp3) is 0.0833. The van der Waals surface area contributed by atoms with Gasteiger partial charge in [0, 0.05) is 21.2 Å². The molecule has 0 radical (unpaired) electrons. The number of carbonyl (C=O) groups excluding carboxylic acids is 1. The van der Waals surface area contributed by atoms with Gasteiger partial charge in [-0.25, -0.2) is 0 Å². The van der Waals surface area contributed by atoms with Crippen molar-refractivity contribution in [1.29, 1.82) is 0 Å². The molecule has 156 valence electrons. The molecule has 1 aliphatic rings. The topological polar surface area (TPSA) is 29.5 Å². The van der Waals surface area contributed by atoms with Crippen molar-refractivity contribution in [3.63, 3.8) is 0 Å². The van der Waals surface area contributed by atoms with Crippen molar-refractivity contribution < 1.29 is 9.53 Å². The van der Waals surface area contributed by atoms with Crippen LogP contribution in [0.3, 0.4) is 0 Å². The number of para-hydroxylation sites is 1. The number of carbonyl (C=O) groups is 1. The highest BCUT2D eigenvalue weighted by molar-refractivity contribution is 8.26. The van der Waals surface area contributed by atoms with Gasteiger partial charge in [0.15, 0.2) is 0 Å². The van der Waals surface area contributed by atoms with Crippen LogP contribution in [0, 0.1) is 0 Å². The summed E-state index contributed by atoms with van der Waals surface area (Å²) < 4.78 is 6.55. The summed E-state index contributed by atoms with van der Waals surface area (Å²) in [6.07, 6.45) is 1.82. The van der Waals surface area contributed by atoms with Crippen LogP contribution in [-0.4, -0.2) is 15.1 Å². The van der Waals surface area contributed by atoms with Gasteiger partial charge >= 0.3 is 0 Å². The number of hydrogen-bond donors (Lipinski definition) is 0. The van der Waals surface area contributed by atoms with Gasteiger partial charge in [-0.15, -0.1) is 0 Å². The Morgan fingerprint density at radius 2 is 1.74 bits per heavy atom. The van der Waals surface area contributed by atoms with Gasteiger partial charge in [-0.05, 0) is 29.8 Å². The molecule has 4 rings (SSSR count). The highest BCUT2D eigenvalue weighted by Gasteiger charge is 2.32. The summed E-state index contributed by atoms with van der Waals surface area (Å²) in [5.41, 5.74) is 2.66. The lowest BCUT2D eigenvalue weighted by atomic mass is 10.1. The van der Waals surface area contributed by atoms with Gasteiger partial charge in [-0.1, -0.05) is 102 Å². The molecule has 1 fully saturated rings. The maximum Gasteiger partial charge on any atom is 0.266 e. The van der Waals surface area contributed by atoms with E-state index in [1.807, 2.05) is 66.7 Å². The van der Waals surface area contributed by atoms with Crippen molar-refractivity contribution in [2.75, 3.05) is 0 Å². The lowest BCUT2D eigenvalue weighted by Gasteiger charge is -2.14. The molecule has 3 aromatic rings. The molecule has 1 amide bonds. The molecule has 0 aromatic heterocycles. The average molecular weight is 486 g/mol. The summed E-state index contributed by atoms with van der Waals surface area (Å²) in [5, 5.41) is 1.12. The van der Waals surface area contributed by atoms with Crippen molar-refractivity contribution >= 4 is 63.5 Å². The van der Waals surface area contributed by atoms with Crippen LogP contribution in [0.2, 0.25) is 10.0 Å². The van der Waals surface area contributed by atoms with Gasteiger partial charge in [0.05, 0.1) is 11.4 Å². The molecule has 3 nitrogen and oxygen atoms in total. The van der Waals surface area contributed by atoms with Crippen LogP contribution in [0.25, 0.3) is 6.08 Å². The van der Waals surface area contributed by atoms with Gasteiger partial charge in [-0.3, -0.25) is 9.69 Å². The minimum atomic E-state index is -0.102. The van der Waals surface area contributed by atoms with Crippen molar-refractivity contribution in [1.82, 2.24) is 4.90 Å². The van der Waals surface area contributed by atoms with Crippen LogP contribution >= 0.6 is 47.2 Å². The van der Waals surface area contributed by atoms with E-state index in [-0.39, 0.29) is 12.5 Å². The molecule has 3 aromatic carbocycles. The molecule has 31 heavy (non-hydrogen) atoms. The molecule has 0 N–H and O–H groups in total. The van der Waals surface area contributed by atoms with Crippen molar-refractivity contribution in [3.05, 3.63) is 104 Å². The van der Waals surface area contributed by atoms with E-state index in [1.165, 1.54) is 11.8 Å². The summed E-state index contributed by atoms with van der Waals surface area (Å²) in [7, 11) is 0. The number of hydrogen-bond acceptors (Lipinski definition) is 4. The predicted molar refractivity (Wildman–Crippen MR) is 132 cm³/mol. The lowest BCUT2D eigenvalue weighted by Crippen LogP contribution is -2.27. The molecule has 1 aliphatic heterocycles. The zero-order valence-electron chi connectivity index (χ0n) is 16.3. The third kappa shape index (κ3) is 5.31. The van der Waals surface area contributed by atoms with Crippen molar-refractivity contribution in [2.24, 2.45) is 0 Å². The second-order valence-corrected chi connectivity index (χ2v) is 9.34. The van der Waals surface area contributed by atoms with Crippen LogP contribution < -0.4 is 4.74 Å². The minimum absolute atomic E-state index is 0.102. The molecule has 1 heterocycles. The monoisotopic (exact) mass is 485 g/mol. The Balaban J connectivity index is 1.52. The number of nitrogens with zero attached hydrogens (tertiary/aromatic N) is 1. The Morgan fingerprint density at radius 3 is 2.52 bits per heavy atom. The van der Waals surface area contributed by atoms with Crippen LogP contribution in [0.4, 0.5) is 0 Å². The maximum absolute atomic E-state index is 13.0. The van der Waals surface area contributed by atoms with Gasteiger partial charge in [0.1, 0.15) is 16.7 Å². The number of ether oxygens (including phenoxy) is 1. The highest BCUT2D eigenvalue weighted by Crippen LogP contribution is 2.35. The van der Waals surface area contributed by atoms with Crippen molar-refractivity contribution in [3.8, 4) is 5.75 Å². The molecule has 0 spiro atoms. The first-order chi connectivity index (χ1) is 15.0. The van der Waals surface area contributed by atoms with Crippen LogP contribution in [0.15, 0.2) is 77.7 Å². The first-order valence-corrected chi connectivity index (χ1v) is 11.4. The smallest absolute Gasteiger partial charge is 0.266 e. The normalized spacial score (nSPS) is 15.0. The number of rotatable bonds is 6. The van der Waals surface area contributed by atoms with Gasteiger partial charge in [0.25, 0.3) is 5.91 Å². The number of amides is 1. The van der Waals surface area contributed by atoms with Crippen LogP contribution in [-0.2, 0) is 17.9 Å². The van der Waals surface area contributed by atoms with Crippen molar-refractivity contribution in [2.45, 2.75) is 13.2 Å². The fourth-order valence-electron chi connectivity index (χ4n) is 3.07. The van der Waals surface area contributed by atoms with E-state index in [0.29, 0.717) is 31.6 Å². The second-order valence-electron chi connectivity index (χ2n) is 6.82. The third-order valence-electron chi connectivity index (χ3n) is 4.66. The molecule has 1 saturated heterocycles. The molecule has 0 bridgehead atoms. The molecule has 0 saturated carbocycles. The van der Waals surface area contributed by atoms with E-state index in [4.69, 9.17) is 40.2 Å². The first-order valence-electron chi connectivity index (χ1n) is 9.46. The number of thioether (sulfide) groups is 1. The Bertz CT molecular complexity index is 1170. The summed E-state index contributed by atoms with van der Waals surface area (Å²) in [5.74, 6) is 0.552. The lowest BCUT2D eigenvalue weighted by molar-refractivity contribution is -0.122. The quantitative estimate of drug-likeness (QED) is 0.278. The van der Waals surface area contributed by atoms with E-state index in [2.05, 4.69) is 0 Å². The molecular weight excluding hydrogens is 469 g/mol. The maximum atomic E-state index is 13.0. The summed E-state index contributed by atoms with van der Waals surface area (Å²) in [6, 6.07) is 22.7. The van der Waals surface area contributed by atoms with E-state index in [9.17, 15) is 4.79 Å². The molecule has 0 aliphatic carbocycles. The van der Waals surface area contributed by atoms with E-state index in [0.717, 1.165) is 16.7 Å². The largest absolute Gasteiger partial charge is 0.488 e. The Labute approximate surface area is 200 Å². The number of halogens is 2. The van der Waals surface area contributed by atoms with Crippen LogP contribution in [0.1, 0.15) is 16.7 Å². The Hall–Kier alpha value is -2.31. The standard InChI is InChI=1S/C24H17Cl2NO2S2/c25-19-11-10-18(20(26)13-19)15-29-21-9-5-4-8-17(21)12-22-23(28)27(24(30)31-22)14-16-6-2-1-3-7-16/h1-13H,14-15H2/b22-12+. The first kappa shape index (κ1) is 21.9. The van der Waals surface area contributed by atoms with Gasteiger partial charge < -0.3 is 4.74 Å². The fourth-order valence-corrected chi connectivity index (χ4v) is 4.78. The third-order valence-corrected chi connectivity index (χ3v) is 6.63. The van der Waals surface area contributed by atoms with E-state index >= 15 is 0 Å². The average Bonchev–Trinajstić information content (AvgIpc) is 3.02. The number of thiocarbonyl (C=S) groups is 1. The summed E-state index contributed by atoms with van der Waals surface area (Å²) in [4.78, 5) is 15.2. The zero-order valence-corrected chi connectivity index (χ0v) is 19.4. The SMILES string of the molecule is O=C1/C(=C\c2ccccc2OCc2ccc(Cl)cc2Cl)SC(=S)N1Cc1ccccc1. The minimum Gasteiger partial charge on any atom is -0.488 e. The highest BCUT2D eigenvalue weighted by atomic mass is 35.5. The van der Waals surface area contributed by atoms with E-state index < -0.39 is 0 Å².